The number of carbonyl (C=O) groups excluding carboxylic acids is 4. The van der Waals surface area contributed by atoms with E-state index in [0.717, 1.165) is 17.3 Å². The highest BCUT2D eigenvalue weighted by molar-refractivity contribution is 8.13. The first-order chi connectivity index (χ1) is 19.4. The first kappa shape index (κ1) is 32.3. The molecule has 2 aromatic carbocycles. The van der Waals surface area contributed by atoms with Gasteiger partial charge in [-0.3, -0.25) is 9.59 Å². The first-order valence-corrected chi connectivity index (χ1v) is 14.5. The molecule has 2 atom stereocenters. The van der Waals surface area contributed by atoms with E-state index in [2.05, 4.69) is 17.2 Å². The van der Waals surface area contributed by atoms with Crippen molar-refractivity contribution in [3.63, 3.8) is 0 Å². The monoisotopic (exact) mass is 621 g/mol. The van der Waals surface area contributed by atoms with Crippen LogP contribution in [0.15, 0.2) is 55.1 Å². The number of nitrogens with one attached hydrogen (secondary N) is 2. The van der Waals surface area contributed by atoms with Crippen LogP contribution in [0.4, 0.5) is 9.59 Å². The SMILES string of the molecule is C=CCOC(=O)N1C[C@@H](SC(=O)OC(C)(C)C)C[C@H]1CNC(=O)c1cccc(C(=O)NCc2ccc(Cl)c(Cl)c2)c1. The van der Waals surface area contributed by atoms with E-state index >= 15 is 0 Å². The van der Waals surface area contributed by atoms with Crippen molar-refractivity contribution < 1.29 is 28.7 Å². The van der Waals surface area contributed by atoms with Gasteiger partial charge in [0, 0.05) is 36.0 Å². The van der Waals surface area contributed by atoms with Crippen molar-refractivity contribution in [2.24, 2.45) is 0 Å². The summed E-state index contributed by atoms with van der Waals surface area (Å²) in [5, 5.41) is 5.79. The zero-order valence-electron chi connectivity index (χ0n) is 23.1. The number of hydrogen-bond donors (Lipinski definition) is 2. The summed E-state index contributed by atoms with van der Waals surface area (Å²) in [5.74, 6) is -0.772. The number of likely N-dealkylation sites (tertiary alicyclic amines) is 1. The van der Waals surface area contributed by atoms with Crippen LogP contribution in [0.5, 0.6) is 0 Å². The van der Waals surface area contributed by atoms with Crippen LogP contribution in [0.3, 0.4) is 0 Å². The van der Waals surface area contributed by atoms with Crippen molar-refractivity contribution in [3.8, 4) is 0 Å². The fourth-order valence-electron chi connectivity index (χ4n) is 4.05. The van der Waals surface area contributed by atoms with Crippen LogP contribution in [0, 0.1) is 0 Å². The summed E-state index contributed by atoms with van der Waals surface area (Å²) in [6.07, 6.45) is 1.35. The number of ether oxygens (including phenoxy) is 2. The zero-order valence-corrected chi connectivity index (χ0v) is 25.4. The lowest BCUT2D eigenvalue weighted by Gasteiger charge is -2.24. The summed E-state index contributed by atoms with van der Waals surface area (Å²) in [6, 6.07) is 11.0. The fourth-order valence-corrected chi connectivity index (χ4v) is 5.49. The second kappa shape index (κ2) is 14.6. The lowest BCUT2D eigenvalue weighted by molar-refractivity contribution is 0.0735. The van der Waals surface area contributed by atoms with Crippen molar-refractivity contribution in [2.75, 3.05) is 19.7 Å². The molecule has 2 aromatic rings. The molecule has 9 nitrogen and oxygen atoms in total. The Bertz CT molecular complexity index is 1300. The van der Waals surface area contributed by atoms with Gasteiger partial charge in [-0.1, -0.05) is 48.0 Å². The Morgan fingerprint density at radius 3 is 2.37 bits per heavy atom. The van der Waals surface area contributed by atoms with E-state index in [1.807, 2.05) is 0 Å². The molecule has 0 spiro atoms. The van der Waals surface area contributed by atoms with Crippen LogP contribution in [0.25, 0.3) is 0 Å². The topological polar surface area (TPSA) is 114 Å². The van der Waals surface area contributed by atoms with E-state index < -0.39 is 28.9 Å². The third-order valence-corrected chi connectivity index (χ3v) is 7.60. The molecule has 3 amide bonds. The van der Waals surface area contributed by atoms with E-state index in [1.54, 1.807) is 57.2 Å². The number of carbonyl (C=O) groups is 4. The van der Waals surface area contributed by atoms with Gasteiger partial charge in [-0.15, -0.1) is 0 Å². The molecule has 1 heterocycles. The van der Waals surface area contributed by atoms with Crippen LogP contribution >= 0.6 is 35.0 Å². The van der Waals surface area contributed by atoms with Gasteiger partial charge in [-0.2, -0.15) is 0 Å². The number of amides is 3. The Morgan fingerprint density at radius 1 is 1.05 bits per heavy atom. The predicted octanol–water partition coefficient (Wildman–Crippen LogP) is 6.09. The van der Waals surface area contributed by atoms with Gasteiger partial charge in [0.2, 0.25) is 0 Å². The van der Waals surface area contributed by atoms with Crippen molar-refractivity contribution in [1.82, 2.24) is 15.5 Å². The normalized spacial score (nSPS) is 16.6. The van der Waals surface area contributed by atoms with Gasteiger partial charge >= 0.3 is 11.4 Å². The van der Waals surface area contributed by atoms with Crippen molar-refractivity contribution in [3.05, 3.63) is 81.9 Å². The lowest BCUT2D eigenvalue weighted by atomic mass is 10.1. The molecule has 1 aliphatic rings. The Morgan fingerprint density at radius 2 is 1.73 bits per heavy atom. The van der Waals surface area contributed by atoms with Crippen LogP contribution in [-0.2, 0) is 16.0 Å². The second-order valence-corrected chi connectivity index (χ2v) is 12.4. The van der Waals surface area contributed by atoms with Gasteiger partial charge in [0.15, 0.2) is 0 Å². The van der Waals surface area contributed by atoms with Crippen molar-refractivity contribution >= 4 is 58.2 Å². The molecule has 0 saturated carbocycles. The average molecular weight is 623 g/mol. The molecule has 3 rings (SSSR count). The summed E-state index contributed by atoms with van der Waals surface area (Å²) in [7, 11) is 0. The van der Waals surface area contributed by atoms with Crippen LogP contribution < -0.4 is 10.6 Å². The number of halogens is 2. The van der Waals surface area contributed by atoms with E-state index in [4.69, 9.17) is 32.7 Å². The van der Waals surface area contributed by atoms with Crippen LogP contribution in [-0.4, -0.2) is 64.7 Å². The Labute approximate surface area is 253 Å². The molecular weight excluding hydrogens is 589 g/mol. The standard InChI is InChI=1S/C29H33Cl2N3O6S/c1-5-11-39-27(37)34-17-22(41-28(38)40-29(2,3)4)14-21(34)16-33-26(36)20-8-6-7-19(13-20)25(35)32-15-18-9-10-23(30)24(31)12-18/h5-10,12-13,21-22H,1,11,14-17H2,2-4H3,(H,32,35)(H,33,36)/t21-,22-/m0/s1. The maximum absolute atomic E-state index is 13.0. The van der Waals surface area contributed by atoms with Gasteiger partial charge in [0.05, 0.1) is 16.1 Å². The summed E-state index contributed by atoms with van der Waals surface area (Å²) in [6.45, 7) is 9.56. The molecular formula is C29H33Cl2N3O6S. The highest BCUT2D eigenvalue weighted by Crippen LogP contribution is 2.30. The van der Waals surface area contributed by atoms with E-state index in [0.29, 0.717) is 22.0 Å². The number of nitrogens with zero attached hydrogens (tertiary/aromatic N) is 1. The zero-order chi connectivity index (χ0) is 30.2. The smallest absolute Gasteiger partial charge is 0.410 e. The molecule has 1 saturated heterocycles. The average Bonchev–Trinajstić information content (AvgIpc) is 3.32. The minimum absolute atomic E-state index is 0.0399. The lowest BCUT2D eigenvalue weighted by Crippen LogP contribution is -2.43. The largest absolute Gasteiger partial charge is 0.452 e. The third kappa shape index (κ3) is 9.98. The summed E-state index contributed by atoms with van der Waals surface area (Å²) >= 11 is 13.0. The van der Waals surface area contributed by atoms with E-state index in [9.17, 15) is 19.2 Å². The molecule has 0 radical (unpaired) electrons. The summed E-state index contributed by atoms with van der Waals surface area (Å²) < 4.78 is 10.6. The molecule has 1 fully saturated rings. The maximum Gasteiger partial charge on any atom is 0.410 e. The van der Waals surface area contributed by atoms with Gasteiger partial charge in [0.1, 0.15) is 12.2 Å². The highest BCUT2D eigenvalue weighted by atomic mass is 35.5. The molecule has 0 bridgehead atoms. The quantitative estimate of drug-likeness (QED) is 0.257. The number of benzene rings is 2. The molecule has 220 valence electrons. The fraction of sp³-hybridized carbons (Fsp3) is 0.379. The second-order valence-electron chi connectivity index (χ2n) is 10.3. The molecule has 0 aromatic heterocycles. The number of rotatable bonds is 9. The number of hydrogen-bond acceptors (Lipinski definition) is 7. The predicted molar refractivity (Wildman–Crippen MR) is 161 cm³/mol. The Balaban J connectivity index is 1.61. The van der Waals surface area contributed by atoms with Gasteiger partial charge in [-0.05, 0) is 74.8 Å². The van der Waals surface area contributed by atoms with Crippen molar-refractivity contribution in [1.29, 1.82) is 0 Å². The highest BCUT2D eigenvalue weighted by Gasteiger charge is 2.38. The maximum atomic E-state index is 13.0. The van der Waals surface area contributed by atoms with E-state index in [1.165, 1.54) is 17.0 Å². The first-order valence-electron chi connectivity index (χ1n) is 12.9. The Kier molecular flexibility index (Phi) is 11.5. The molecule has 0 aliphatic carbocycles. The van der Waals surface area contributed by atoms with E-state index in [-0.39, 0.29) is 43.0 Å². The van der Waals surface area contributed by atoms with Crippen molar-refractivity contribution in [2.45, 2.75) is 50.6 Å². The van der Waals surface area contributed by atoms with Crippen LogP contribution in [0.1, 0.15) is 53.5 Å². The molecule has 12 heteroatoms. The Hall–Kier alpha value is -3.21. The minimum Gasteiger partial charge on any atom is -0.452 e. The molecule has 0 unspecified atom stereocenters. The minimum atomic E-state index is -0.631. The summed E-state index contributed by atoms with van der Waals surface area (Å²) in [5.41, 5.74) is 0.735. The number of thioether (sulfide) groups is 1. The molecule has 41 heavy (non-hydrogen) atoms. The van der Waals surface area contributed by atoms with Gasteiger partial charge in [-0.25, -0.2) is 9.59 Å². The van der Waals surface area contributed by atoms with Gasteiger partial charge < -0.3 is 25.0 Å². The van der Waals surface area contributed by atoms with Gasteiger partial charge in [0.25, 0.3) is 11.8 Å². The van der Waals surface area contributed by atoms with Crippen LogP contribution in [0.2, 0.25) is 10.0 Å². The summed E-state index contributed by atoms with van der Waals surface area (Å²) in [4.78, 5) is 52.2. The molecule has 1 aliphatic heterocycles. The molecule has 2 N–H and O–H groups in total. The third-order valence-electron chi connectivity index (χ3n) is 5.91.